The third-order valence-electron chi connectivity index (χ3n) is 3.51. The average molecular weight is 271 g/mol. The van der Waals surface area contributed by atoms with Gasteiger partial charge in [-0.15, -0.1) is 0 Å². The van der Waals surface area contributed by atoms with Gasteiger partial charge in [-0.25, -0.2) is 0 Å². The van der Waals surface area contributed by atoms with Gasteiger partial charge in [0.05, 0.1) is 0 Å². The fourth-order valence-electron chi connectivity index (χ4n) is 2.30. The van der Waals surface area contributed by atoms with Crippen LogP contribution in [0.3, 0.4) is 0 Å². The maximum atomic E-state index is 3.58. The SMILES string of the molecule is CCCCCCCCCCCCCCN[Si](C)C. The Hall–Kier alpha value is 0.177. The zero-order chi connectivity index (χ0) is 13.5. The largest absolute Gasteiger partial charge is 0.338 e. The first kappa shape index (κ1) is 18.2. The van der Waals surface area contributed by atoms with Gasteiger partial charge in [-0.2, -0.15) is 0 Å². The minimum absolute atomic E-state index is 0.199. The summed E-state index contributed by atoms with van der Waals surface area (Å²) in [6.45, 7) is 8.19. The van der Waals surface area contributed by atoms with E-state index in [0.717, 1.165) is 0 Å². The summed E-state index contributed by atoms with van der Waals surface area (Å²) in [4.78, 5) is 3.58. The average Bonchev–Trinajstić information content (AvgIpc) is 2.34. The molecule has 0 unspecified atom stereocenters. The van der Waals surface area contributed by atoms with Crippen LogP contribution >= 0.6 is 0 Å². The highest BCUT2D eigenvalue weighted by atomic mass is 28.3. The summed E-state index contributed by atoms with van der Waals surface area (Å²) in [6, 6.07) is 0. The van der Waals surface area contributed by atoms with E-state index in [9.17, 15) is 0 Å². The van der Waals surface area contributed by atoms with Gasteiger partial charge < -0.3 is 4.98 Å². The van der Waals surface area contributed by atoms with E-state index >= 15 is 0 Å². The van der Waals surface area contributed by atoms with Crippen molar-refractivity contribution in [2.24, 2.45) is 0 Å². The van der Waals surface area contributed by atoms with Crippen LogP contribution in [0.1, 0.15) is 84.0 Å². The molecule has 0 aromatic heterocycles. The zero-order valence-electron chi connectivity index (χ0n) is 13.2. The Labute approximate surface area is 118 Å². The monoisotopic (exact) mass is 270 g/mol. The molecule has 2 heteroatoms. The second-order valence-electron chi connectivity index (χ2n) is 5.82. The van der Waals surface area contributed by atoms with Crippen LogP contribution in [0.15, 0.2) is 0 Å². The van der Waals surface area contributed by atoms with E-state index in [1.54, 1.807) is 0 Å². The molecule has 0 saturated heterocycles. The summed E-state index contributed by atoms with van der Waals surface area (Å²) in [6.07, 6.45) is 17.4. The molecule has 1 radical (unpaired) electrons. The molecule has 0 saturated carbocycles. The first-order valence-electron chi connectivity index (χ1n) is 8.31. The fourth-order valence-corrected chi connectivity index (χ4v) is 2.98. The zero-order valence-corrected chi connectivity index (χ0v) is 14.2. The molecule has 109 valence electrons. The lowest BCUT2D eigenvalue weighted by Gasteiger charge is -2.06. The van der Waals surface area contributed by atoms with E-state index in [2.05, 4.69) is 25.0 Å². The van der Waals surface area contributed by atoms with E-state index in [1.165, 1.54) is 83.6 Å². The van der Waals surface area contributed by atoms with Gasteiger partial charge >= 0.3 is 0 Å². The fraction of sp³-hybridized carbons (Fsp3) is 1.00. The van der Waals surface area contributed by atoms with E-state index in [0.29, 0.717) is 0 Å². The number of nitrogens with one attached hydrogen (secondary N) is 1. The molecule has 0 spiro atoms. The summed E-state index contributed by atoms with van der Waals surface area (Å²) in [7, 11) is -0.199. The summed E-state index contributed by atoms with van der Waals surface area (Å²) in [5.41, 5.74) is 0. The van der Waals surface area contributed by atoms with Crippen molar-refractivity contribution in [1.29, 1.82) is 0 Å². The predicted molar refractivity (Wildman–Crippen MR) is 86.6 cm³/mol. The Morgan fingerprint density at radius 2 is 1.00 bits per heavy atom. The Morgan fingerprint density at radius 3 is 1.39 bits per heavy atom. The number of unbranched alkanes of at least 4 members (excludes halogenated alkanes) is 11. The summed E-state index contributed by atoms with van der Waals surface area (Å²) < 4.78 is 0. The minimum atomic E-state index is -0.199. The molecule has 0 rings (SSSR count). The van der Waals surface area contributed by atoms with Crippen LogP contribution < -0.4 is 4.98 Å². The first-order chi connectivity index (χ1) is 8.77. The Morgan fingerprint density at radius 1 is 0.611 bits per heavy atom. The molecule has 0 aromatic carbocycles. The molecule has 0 aromatic rings. The first-order valence-corrected chi connectivity index (χ1v) is 10.8. The second kappa shape index (κ2) is 15.2. The molecular weight excluding hydrogens is 234 g/mol. The minimum Gasteiger partial charge on any atom is -0.338 e. The molecule has 0 aliphatic heterocycles. The predicted octanol–water partition coefficient (Wildman–Crippen LogP) is 5.53. The van der Waals surface area contributed by atoms with Gasteiger partial charge in [0.25, 0.3) is 0 Å². The van der Waals surface area contributed by atoms with Crippen molar-refractivity contribution >= 4 is 8.96 Å². The highest BCUT2D eigenvalue weighted by Crippen LogP contribution is 2.11. The van der Waals surface area contributed by atoms with Crippen LogP contribution in [0.25, 0.3) is 0 Å². The van der Waals surface area contributed by atoms with Crippen LogP contribution in [-0.4, -0.2) is 15.5 Å². The van der Waals surface area contributed by atoms with E-state index in [4.69, 9.17) is 0 Å². The highest BCUT2D eigenvalue weighted by molar-refractivity contribution is 6.52. The second-order valence-corrected chi connectivity index (χ2v) is 8.17. The molecule has 0 aliphatic carbocycles. The van der Waals surface area contributed by atoms with Crippen molar-refractivity contribution in [3.63, 3.8) is 0 Å². The molecule has 1 N–H and O–H groups in total. The van der Waals surface area contributed by atoms with Gasteiger partial charge in [0.2, 0.25) is 0 Å². The lowest BCUT2D eigenvalue weighted by molar-refractivity contribution is 0.543. The quantitative estimate of drug-likeness (QED) is 0.323. The molecule has 0 bridgehead atoms. The van der Waals surface area contributed by atoms with Crippen LogP contribution in [0.4, 0.5) is 0 Å². The lowest BCUT2D eigenvalue weighted by atomic mass is 10.1. The third kappa shape index (κ3) is 16.2. The Bertz CT molecular complexity index is 148. The molecule has 0 fully saturated rings. The van der Waals surface area contributed by atoms with E-state index in [1.807, 2.05) is 0 Å². The molecule has 0 atom stereocenters. The van der Waals surface area contributed by atoms with Gasteiger partial charge in [0.15, 0.2) is 0 Å². The maximum absolute atomic E-state index is 3.58. The van der Waals surface area contributed by atoms with Crippen molar-refractivity contribution < 1.29 is 0 Å². The van der Waals surface area contributed by atoms with Crippen LogP contribution in [-0.2, 0) is 0 Å². The van der Waals surface area contributed by atoms with E-state index in [-0.39, 0.29) is 8.96 Å². The van der Waals surface area contributed by atoms with Crippen molar-refractivity contribution in [2.75, 3.05) is 6.54 Å². The van der Waals surface area contributed by atoms with Gasteiger partial charge in [-0.05, 0) is 13.0 Å². The van der Waals surface area contributed by atoms with Gasteiger partial charge in [0, 0.05) is 0 Å². The molecular formula is C16H36NSi. The van der Waals surface area contributed by atoms with Crippen molar-refractivity contribution in [3.05, 3.63) is 0 Å². The molecule has 18 heavy (non-hydrogen) atoms. The highest BCUT2D eigenvalue weighted by Gasteiger charge is 1.95. The normalized spacial score (nSPS) is 11.3. The summed E-state index contributed by atoms with van der Waals surface area (Å²) in [5, 5.41) is 0. The van der Waals surface area contributed by atoms with E-state index < -0.39 is 0 Å². The van der Waals surface area contributed by atoms with Gasteiger partial charge in [-0.3, -0.25) is 0 Å². The smallest absolute Gasteiger partial charge is 0.126 e. The van der Waals surface area contributed by atoms with Crippen LogP contribution in [0.2, 0.25) is 13.1 Å². The number of hydrogen-bond acceptors (Lipinski definition) is 1. The number of hydrogen-bond donors (Lipinski definition) is 1. The Kier molecular flexibility index (Phi) is 15.4. The van der Waals surface area contributed by atoms with Gasteiger partial charge in [-0.1, -0.05) is 90.6 Å². The topological polar surface area (TPSA) is 12.0 Å². The maximum Gasteiger partial charge on any atom is 0.126 e. The standard InChI is InChI=1S/C16H36NSi/c1-4-5-6-7-8-9-10-11-12-13-14-15-16-17-18(2)3/h17H,4-16H2,1-3H3. The van der Waals surface area contributed by atoms with Crippen molar-refractivity contribution in [2.45, 2.75) is 97.1 Å². The molecule has 0 aliphatic rings. The van der Waals surface area contributed by atoms with Crippen LogP contribution in [0.5, 0.6) is 0 Å². The van der Waals surface area contributed by atoms with Gasteiger partial charge in [0.1, 0.15) is 8.96 Å². The third-order valence-corrected chi connectivity index (χ3v) is 4.47. The summed E-state index contributed by atoms with van der Waals surface area (Å²) >= 11 is 0. The van der Waals surface area contributed by atoms with Crippen molar-refractivity contribution in [3.8, 4) is 0 Å². The number of rotatable bonds is 14. The molecule has 1 nitrogen and oxygen atoms in total. The molecule has 0 amide bonds. The van der Waals surface area contributed by atoms with Crippen molar-refractivity contribution in [1.82, 2.24) is 4.98 Å². The lowest BCUT2D eigenvalue weighted by Crippen LogP contribution is -2.27. The summed E-state index contributed by atoms with van der Waals surface area (Å²) in [5.74, 6) is 0. The molecule has 0 heterocycles. The van der Waals surface area contributed by atoms with Crippen LogP contribution in [0, 0.1) is 0 Å². The Balaban J connectivity index is 2.90.